The van der Waals surface area contributed by atoms with Gasteiger partial charge in [0.25, 0.3) is 5.91 Å². The van der Waals surface area contributed by atoms with Crippen LogP contribution in [0.15, 0.2) is 36.4 Å². The van der Waals surface area contributed by atoms with Gasteiger partial charge >= 0.3 is 5.97 Å². The molecule has 1 fully saturated rings. The zero-order valence-corrected chi connectivity index (χ0v) is 16.6. The number of para-hydroxylation sites is 1. The SMILES string of the molecule is Cc1cc(Cl)cc(C(=O)O)c1NC(=O)COc1ccccc1C1CCCCC1. The van der Waals surface area contributed by atoms with Gasteiger partial charge in [0, 0.05) is 5.02 Å². The monoisotopic (exact) mass is 401 g/mol. The van der Waals surface area contributed by atoms with Crippen molar-refractivity contribution >= 4 is 29.2 Å². The first kappa shape index (κ1) is 20.2. The second kappa shape index (κ2) is 9.11. The molecule has 2 aromatic carbocycles. The zero-order valence-electron chi connectivity index (χ0n) is 15.8. The van der Waals surface area contributed by atoms with Crippen molar-refractivity contribution in [1.82, 2.24) is 0 Å². The van der Waals surface area contributed by atoms with Crippen molar-refractivity contribution in [2.45, 2.75) is 44.9 Å². The number of carbonyl (C=O) groups is 2. The van der Waals surface area contributed by atoms with Gasteiger partial charge in [-0.05, 0) is 55.0 Å². The molecule has 5 nitrogen and oxygen atoms in total. The van der Waals surface area contributed by atoms with Crippen LogP contribution >= 0.6 is 11.6 Å². The van der Waals surface area contributed by atoms with Gasteiger partial charge in [0.1, 0.15) is 5.75 Å². The third-order valence-electron chi connectivity index (χ3n) is 5.12. The maximum atomic E-state index is 12.4. The molecule has 1 aliphatic rings. The summed E-state index contributed by atoms with van der Waals surface area (Å²) < 4.78 is 5.80. The van der Waals surface area contributed by atoms with Gasteiger partial charge in [0.2, 0.25) is 0 Å². The van der Waals surface area contributed by atoms with Crippen LogP contribution in [0, 0.1) is 6.92 Å². The molecule has 6 heteroatoms. The average Bonchev–Trinajstić information content (AvgIpc) is 2.69. The maximum absolute atomic E-state index is 12.4. The molecule has 0 unspecified atom stereocenters. The fourth-order valence-electron chi connectivity index (χ4n) is 3.76. The second-order valence-corrected chi connectivity index (χ2v) is 7.60. The van der Waals surface area contributed by atoms with E-state index in [-0.39, 0.29) is 17.9 Å². The predicted molar refractivity (Wildman–Crippen MR) is 110 cm³/mol. The van der Waals surface area contributed by atoms with Crippen molar-refractivity contribution < 1.29 is 19.4 Å². The lowest BCUT2D eigenvalue weighted by Crippen LogP contribution is -2.23. The van der Waals surface area contributed by atoms with Gasteiger partial charge in [-0.2, -0.15) is 0 Å². The summed E-state index contributed by atoms with van der Waals surface area (Å²) in [6.07, 6.45) is 5.98. The Balaban J connectivity index is 1.70. The van der Waals surface area contributed by atoms with E-state index in [9.17, 15) is 14.7 Å². The number of ether oxygens (including phenoxy) is 1. The van der Waals surface area contributed by atoms with Crippen molar-refractivity contribution in [3.63, 3.8) is 0 Å². The molecule has 0 spiro atoms. The molecule has 0 bridgehead atoms. The van der Waals surface area contributed by atoms with E-state index >= 15 is 0 Å². The third kappa shape index (κ3) is 4.84. The van der Waals surface area contributed by atoms with Gasteiger partial charge < -0.3 is 15.2 Å². The van der Waals surface area contributed by atoms with Gasteiger partial charge in [-0.15, -0.1) is 0 Å². The number of aryl methyl sites for hydroxylation is 1. The number of nitrogens with one attached hydrogen (secondary N) is 1. The number of hydrogen-bond donors (Lipinski definition) is 2. The third-order valence-corrected chi connectivity index (χ3v) is 5.34. The fourth-order valence-corrected chi connectivity index (χ4v) is 4.03. The summed E-state index contributed by atoms with van der Waals surface area (Å²) in [5, 5.41) is 12.3. The molecule has 0 aliphatic heterocycles. The molecule has 2 aromatic rings. The van der Waals surface area contributed by atoms with Crippen LogP contribution in [0.25, 0.3) is 0 Å². The number of aromatic carboxylic acids is 1. The van der Waals surface area contributed by atoms with E-state index in [1.54, 1.807) is 13.0 Å². The number of carboxylic acids is 1. The number of amides is 1. The highest BCUT2D eigenvalue weighted by molar-refractivity contribution is 6.31. The average molecular weight is 402 g/mol. The van der Waals surface area contributed by atoms with Crippen LogP contribution < -0.4 is 10.1 Å². The van der Waals surface area contributed by atoms with Crippen molar-refractivity contribution in [2.75, 3.05) is 11.9 Å². The summed E-state index contributed by atoms with van der Waals surface area (Å²) in [6, 6.07) is 10.8. The molecule has 0 radical (unpaired) electrons. The maximum Gasteiger partial charge on any atom is 0.337 e. The van der Waals surface area contributed by atoms with Crippen LogP contribution in [0.3, 0.4) is 0 Å². The van der Waals surface area contributed by atoms with Crippen LogP contribution in [0.4, 0.5) is 5.69 Å². The number of hydrogen-bond acceptors (Lipinski definition) is 3. The van der Waals surface area contributed by atoms with Crippen molar-refractivity contribution in [2.24, 2.45) is 0 Å². The molecule has 1 amide bonds. The van der Waals surface area contributed by atoms with Crippen LogP contribution in [-0.2, 0) is 4.79 Å². The summed E-state index contributed by atoms with van der Waals surface area (Å²) in [7, 11) is 0. The van der Waals surface area contributed by atoms with Gasteiger partial charge in [-0.3, -0.25) is 4.79 Å². The lowest BCUT2D eigenvalue weighted by Gasteiger charge is -2.24. The summed E-state index contributed by atoms with van der Waals surface area (Å²) >= 11 is 5.93. The first-order valence-electron chi connectivity index (χ1n) is 9.50. The predicted octanol–water partition coefficient (Wildman–Crippen LogP) is 5.41. The lowest BCUT2D eigenvalue weighted by atomic mass is 9.84. The minimum Gasteiger partial charge on any atom is -0.483 e. The Morgan fingerprint density at radius 2 is 1.89 bits per heavy atom. The summed E-state index contributed by atoms with van der Waals surface area (Å²) in [5.41, 5.74) is 1.93. The minimum atomic E-state index is -1.15. The van der Waals surface area contributed by atoms with Crippen LogP contribution in [-0.4, -0.2) is 23.6 Å². The molecule has 28 heavy (non-hydrogen) atoms. The first-order valence-corrected chi connectivity index (χ1v) is 9.88. The van der Waals surface area contributed by atoms with Crippen LogP contribution in [0.1, 0.15) is 59.5 Å². The number of benzene rings is 2. The first-order chi connectivity index (χ1) is 13.5. The van der Waals surface area contributed by atoms with Crippen molar-refractivity contribution in [1.29, 1.82) is 0 Å². The van der Waals surface area contributed by atoms with Crippen LogP contribution in [0.5, 0.6) is 5.75 Å². The number of anilines is 1. The topological polar surface area (TPSA) is 75.6 Å². The van der Waals surface area contributed by atoms with E-state index in [2.05, 4.69) is 11.4 Å². The molecule has 2 N–H and O–H groups in total. The Morgan fingerprint density at radius 1 is 1.18 bits per heavy atom. The molecule has 1 aliphatic carbocycles. The van der Waals surface area contributed by atoms with E-state index in [1.165, 1.54) is 25.3 Å². The Kier molecular flexibility index (Phi) is 6.57. The largest absolute Gasteiger partial charge is 0.483 e. The number of halogens is 1. The van der Waals surface area contributed by atoms with E-state index in [4.69, 9.17) is 16.3 Å². The van der Waals surface area contributed by atoms with E-state index in [1.807, 2.05) is 18.2 Å². The molecule has 1 saturated carbocycles. The van der Waals surface area contributed by atoms with E-state index < -0.39 is 11.9 Å². The molecule has 0 heterocycles. The highest BCUT2D eigenvalue weighted by atomic mass is 35.5. The number of carbonyl (C=O) groups excluding carboxylic acids is 1. The number of rotatable bonds is 6. The van der Waals surface area contributed by atoms with E-state index in [0.717, 1.165) is 24.2 Å². The smallest absolute Gasteiger partial charge is 0.337 e. The van der Waals surface area contributed by atoms with Gasteiger partial charge in [0.05, 0.1) is 11.3 Å². The van der Waals surface area contributed by atoms with E-state index in [0.29, 0.717) is 16.5 Å². The van der Waals surface area contributed by atoms with Crippen LogP contribution in [0.2, 0.25) is 5.02 Å². The van der Waals surface area contributed by atoms with Gasteiger partial charge in [0.15, 0.2) is 6.61 Å². The molecular weight excluding hydrogens is 378 g/mol. The fraction of sp³-hybridized carbons (Fsp3) is 0.364. The van der Waals surface area contributed by atoms with Gasteiger partial charge in [-0.25, -0.2) is 4.79 Å². The summed E-state index contributed by atoms with van der Waals surface area (Å²) in [6.45, 7) is 1.51. The summed E-state index contributed by atoms with van der Waals surface area (Å²) in [4.78, 5) is 23.9. The van der Waals surface area contributed by atoms with Crippen molar-refractivity contribution in [3.8, 4) is 5.75 Å². The molecule has 0 atom stereocenters. The van der Waals surface area contributed by atoms with Crippen molar-refractivity contribution in [3.05, 3.63) is 58.1 Å². The Hall–Kier alpha value is -2.53. The normalized spacial score (nSPS) is 14.5. The summed E-state index contributed by atoms with van der Waals surface area (Å²) in [5.74, 6) is -0.378. The van der Waals surface area contributed by atoms with Gasteiger partial charge in [-0.1, -0.05) is 49.1 Å². The Labute approximate surface area is 169 Å². The minimum absolute atomic E-state index is 0.0408. The lowest BCUT2D eigenvalue weighted by molar-refractivity contribution is -0.118. The second-order valence-electron chi connectivity index (χ2n) is 7.16. The molecule has 148 valence electrons. The molecule has 0 saturated heterocycles. The Morgan fingerprint density at radius 3 is 2.61 bits per heavy atom. The zero-order chi connectivity index (χ0) is 20.1. The molecular formula is C22H24ClNO4. The number of carboxylic acid groups (broad SMARTS) is 1. The highest BCUT2D eigenvalue weighted by Gasteiger charge is 2.20. The molecule has 3 rings (SSSR count). The quantitative estimate of drug-likeness (QED) is 0.678. The standard InChI is InChI=1S/C22H24ClNO4/c1-14-11-16(23)12-18(22(26)27)21(14)24-20(25)13-28-19-10-6-5-9-17(19)15-7-3-2-4-8-15/h5-6,9-12,15H,2-4,7-8,13H2,1H3,(H,24,25)(H,26,27). The Bertz CT molecular complexity index is 875. The highest BCUT2D eigenvalue weighted by Crippen LogP contribution is 2.37. The molecule has 0 aromatic heterocycles.